The van der Waals surface area contributed by atoms with Gasteiger partial charge >= 0.3 is 0 Å². The van der Waals surface area contributed by atoms with Crippen LogP contribution in [0.1, 0.15) is 95.0 Å². The maximum atomic E-state index is 4.66. The molecular formula is C29H40BN4. The zero-order valence-corrected chi connectivity index (χ0v) is 20.7. The predicted octanol–water partition coefficient (Wildman–Crippen LogP) is 6.76. The summed E-state index contributed by atoms with van der Waals surface area (Å²) in [5.41, 5.74) is 3.86. The van der Waals surface area contributed by atoms with Gasteiger partial charge in [-0.1, -0.05) is 106 Å². The number of aromatic amines is 1. The van der Waals surface area contributed by atoms with E-state index in [0.717, 1.165) is 35.8 Å². The summed E-state index contributed by atoms with van der Waals surface area (Å²) in [6, 6.07) is 11.5. The summed E-state index contributed by atoms with van der Waals surface area (Å²) in [6.07, 6.45) is 21.7. The molecule has 5 heteroatoms. The van der Waals surface area contributed by atoms with Crippen molar-refractivity contribution >= 4 is 29.6 Å². The molecule has 1 aliphatic heterocycles. The quantitative estimate of drug-likeness (QED) is 0.442. The Morgan fingerprint density at radius 3 is 2.38 bits per heavy atom. The van der Waals surface area contributed by atoms with E-state index in [1.807, 2.05) is 6.20 Å². The topological polar surface area (TPSA) is 44.8 Å². The van der Waals surface area contributed by atoms with Crippen LogP contribution in [-0.2, 0) is 0 Å². The molecule has 1 atom stereocenters. The van der Waals surface area contributed by atoms with E-state index in [9.17, 15) is 0 Å². The van der Waals surface area contributed by atoms with Gasteiger partial charge < -0.3 is 9.88 Å². The Balaban J connectivity index is 1.25. The van der Waals surface area contributed by atoms with Crippen molar-refractivity contribution in [3.05, 3.63) is 48.4 Å². The summed E-state index contributed by atoms with van der Waals surface area (Å²) in [5, 5.41) is 1.13. The van der Waals surface area contributed by atoms with Crippen molar-refractivity contribution in [3.63, 3.8) is 0 Å². The lowest BCUT2D eigenvalue weighted by atomic mass is 9.56. The maximum Gasteiger partial charge on any atom is 0.155 e. The van der Waals surface area contributed by atoms with Crippen LogP contribution >= 0.6 is 0 Å². The molecule has 1 aliphatic carbocycles. The van der Waals surface area contributed by atoms with Crippen LogP contribution in [-0.4, -0.2) is 35.3 Å². The molecule has 2 aromatic heterocycles. The number of fused-ring (bicyclic) bond motifs is 1. The molecule has 0 amide bonds. The highest BCUT2D eigenvalue weighted by molar-refractivity contribution is 6.55. The first-order valence-corrected chi connectivity index (χ1v) is 13.8. The summed E-state index contributed by atoms with van der Waals surface area (Å²) < 4.78 is 0. The number of benzene rings is 1. The summed E-state index contributed by atoms with van der Waals surface area (Å²) in [6.45, 7) is 2.10. The van der Waals surface area contributed by atoms with Gasteiger partial charge in [-0.3, -0.25) is 0 Å². The minimum absolute atomic E-state index is 0.558. The minimum Gasteiger partial charge on any atom is -0.355 e. The number of nitrogens with one attached hydrogen (secondary N) is 1. The van der Waals surface area contributed by atoms with Gasteiger partial charge in [0.25, 0.3) is 0 Å². The van der Waals surface area contributed by atoms with Gasteiger partial charge in [-0.05, 0) is 24.5 Å². The largest absolute Gasteiger partial charge is 0.355 e. The second-order valence-corrected chi connectivity index (χ2v) is 10.6. The molecule has 3 heterocycles. The second kappa shape index (κ2) is 11.9. The Bertz CT molecular complexity index is 1020. The van der Waals surface area contributed by atoms with E-state index in [0.29, 0.717) is 5.92 Å². The fraction of sp³-hybridized carbons (Fsp3) is 0.586. The minimum atomic E-state index is 0.558. The van der Waals surface area contributed by atoms with Gasteiger partial charge in [-0.2, -0.15) is 0 Å². The SMILES string of the molecule is [B](c1cccc(C2CCCN(c3ncnc4[nH]ccc34)C2)c1)C1CCCCCCCCCCC1. The summed E-state index contributed by atoms with van der Waals surface area (Å²) >= 11 is 0. The predicted molar refractivity (Wildman–Crippen MR) is 144 cm³/mol. The highest BCUT2D eigenvalue weighted by Gasteiger charge is 2.24. The van der Waals surface area contributed by atoms with Crippen molar-refractivity contribution in [1.82, 2.24) is 15.0 Å². The zero-order chi connectivity index (χ0) is 23.0. The Morgan fingerprint density at radius 1 is 0.824 bits per heavy atom. The van der Waals surface area contributed by atoms with E-state index in [-0.39, 0.29) is 0 Å². The molecule has 3 aromatic rings. The molecule has 1 N–H and O–H groups in total. The number of piperidine rings is 1. The van der Waals surface area contributed by atoms with E-state index in [1.54, 1.807) is 6.33 Å². The monoisotopic (exact) mass is 455 g/mol. The first-order chi connectivity index (χ1) is 16.9. The van der Waals surface area contributed by atoms with Crippen molar-refractivity contribution in [2.24, 2.45) is 0 Å². The molecule has 4 nitrogen and oxygen atoms in total. The molecule has 5 rings (SSSR count). The molecule has 0 spiro atoms. The molecule has 1 unspecified atom stereocenters. The Hall–Kier alpha value is -2.30. The first-order valence-electron chi connectivity index (χ1n) is 13.8. The lowest BCUT2D eigenvalue weighted by molar-refractivity contribution is 0.503. The van der Waals surface area contributed by atoms with Crippen molar-refractivity contribution in [3.8, 4) is 0 Å². The number of aromatic nitrogens is 3. The average Bonchev–Trinajstić information content (AvgIpc) is 3.35. The third-order valence-electron chi connectivity index (χ3n) is 8.01. The Kier molecular flexibility index (Phi) is 8.21. The van der Waals surface area contributed by atoms with E-state index in [1.165, 1.54) is 94.5 Å². The summed E-state index contributed by atoms with van der Waals surface area (Å²) in [4.78, 5) is 14.7. The Morgan fingerprint density at radius 2 is 1.59 bits per heavy atom. The van der Waals surface area contributed by atoms with Crippen LogP contribution in [0.3, 0.4) is 0 Å². The van der Waals surface area contributed by atoms with E-state index in [2.05, 4.69) is 57.5 Å². The van der Waals surface area contributed by atoms with Gasteiger partial charge in [0.1, 0.15) is 17.8 Å². The summed E-state index contributed by atoms with van der Waals surface area (Å²) in [5.74, 6) is 2.37. The molecule has 34 heavy (non-hydrogen) atoms. The lowest BCUT2D eigenvalue weighted by Gasteiger charge is -2.34. The second-order valence-electron chi connectivity index (χ2n) is 10.6. The standard InChI is InChI=1S/C29H40BN4/c1-2-4-6-8-14-25(15-9-7-5-3-1)30-26-16-10-12-23(20-26)24-13-11-19-34(21-24)29-27-17-18-31-28(27)32-22-33-29/h10,12,16-18,20,22,24-25H,1-9,11,13-15,19,21H2,(H,31,32,33). The highest BCUT2D eigenvalue weighted by Crippen LogP contribution is 2.32. The fourth-order valence-corrected chi connectivity index (χ4v) is 6.10. The zero-order valence-electron chi connectivity index (χ0n) is 20.7. The number of rotatable bonds is 4. The average molecular weight is 455 g/mol. The molecular weight excluding hydrogens is 415 g/mol. The van der Waals surface area contributed by atoms with Crippen LogP contribution in [0.5, 0.6) is 0 Å². The van der Waals surface area contributed by atoms with Crippen molar-refractivity contribution in [1.29, 1.82) is 0 Å². The molecule has 1 radical (unpaired) electrons. The molecule has 0 bridgehead atoms. The number of hydrogen-bond acceptors (Lipinski definition) is 3. The summed E-state index contributed by atoms with van der Waals surface area (Å²) in [7, 11) is 2.60. The smallest absolute Gasteiger partial charge is 0.155 e. The van der Waals surface area contributed by atoms with Gasteiger partial charge in [-0.25, -0.2) is 9.97 Å². The van der Waals surface area contributed by atoms with Gasteiger partial charge in [-0.15, -0.1) is 0 Å². The molecule has 179 valence electrons. The van der Waals surface area contributed by atoms with Crippen molar-refractivity contribution < 1.29 is 0 Å². The first kappa shape index (κ1) is 23.4. The van der Waals surface area contributed by atoms with Crippen LogP contribution in [0.15, 0.2) is 42.9 Å². The molecule has 2 fully saturated rings. The molecule has 1 aromatic carbocycles. The highest BCUT2D eigenvalue weighted by atomic mass is 15.2. The van der Waals surface area contributed by atoms with Crippen LogP contribution < -0.4 is 10.4 Å². The van der Waals surface area contributed by atoms with Gasteiger partial charge in [0.15, 0.2) is 7.28 Å². The molecule has 1 saturated heterocycles. The third kappa shape index (κ3) is 6.03. The van der Waals surface area contributed by atoms with Crippen LogP contribution in [0, 0.1) is 0 Å². The maximum absolute atomic E-state index is 4.66. The number of hydrogen-bond donors (Lipinski definition) is 1. The Labute approximate surface area is 206 Å². The van der Waals surface area contributed by atoms with Crippen molar-refractivity contribution in [2.45, 2.75) is 95.2 Å². The van der Waals surface area contributed by atoms with E-state index in [4.69, 9.17) is 0 Å². The molecule has 2 aliphatic rings. The number of anilines is 1. The third-order valence-corrected chi connectivity index (χ3v) is 8.01. The fourth-order valence-electron chi connectivity index (χ4n) is 6.10. The lowest BCUT2D eigenvalue weighted by Crippen LogP contribution is -2.35. The van der Waals surface area contributed by atoms with Crippen LogP contribution in [0.4, 0.5) is 5.82 Å². The number of nitrogens with zero attached hydrogens (tertiary/aromatic N) is 3. The normalized spacial score (nSPS) is 21.6. The van der Waals surface area contributed by atoms with E-state index < -0.39 is 0 Å². The molecule has 1 saturated carbocycles. The number of H-pyrrole nitrogens is 1. The van der Waals surface area contributed by atoms with E-state index >= 15 is 0 Å². The van der Waals surface area contributed by atoms with Crippen molar-refractivity contribution in [2.75, 3.05) is 18.0 Å². The van der Waals surface area contributed by atoms with Gasteiger partial charge in [0, 0.05) is 25.2 Å². The van der Waals surface area contributed by atoms with Gasteiger partial charge in [0.2, 0.25) is 0 Å². The van der Waals surface area contributed by atoms with Crippen LogP contribution in [0.2, 0.25) is 5.82 Å². The van der Waals surface area contributed by atoms with Crippen LogP contribution in [0.25, 0.3) is 11.0 Å². The van der Waals surface area contributed by atoms with Gasteiger partial charge in [0.05, 0.1) is 5.39 Å².